The number of carbonyl (C=O) groups excluding carboxylic acids is 1. The van der Waals surface area contributed by atoms with Crippen molar-refractivity contribution in [2.75, 3.05) is 0 Å². The van der Waals surface area contributed by atoms with Gasteiger partial charge in [-0.2, -0.15) is 31.4 Å². The van der Waals surface area contributed by atoms with Gasteiger partial charge in [-0.1, -0.05) is 0 Å². The van der Waals surface area contributed by atoms with Gasteiger partial charge in [0.15, 0.2) is 11.5 Å². The third kappa shape index (κ3) is 4.86. The highest BCUT2D eigenvalue weighted by atomic mass is 19.4. The van der Waals surface area contributed by atoms with Crippen LogP contribution in [0.15, 0.2) is 43.1 Å². The van der Waals surface area contributed by atoms with E-state index >= 15 is 0 Å². The molecular weight excluding hydrogens is 408 g/mol. The smallest absolute Gasteiger partial charge is 0.434 e. The van der Waals surface area contributed by atoms with Crippen molar-refractivity contribution < 1.29 is 35.9 Å². The second-order valence-corrected chi connectivity index (χ2v) is 5.54. The SMILES string of the molecule is O=C(Cn1cncn1)c1ccc(Oc2ccc(C(F)(F)F)nc2)nc1C(F)(F)F. The second kappa shape index (κ2) is 7.48. The fourth-order valence-corrected chi connectivity index (χ4v) is 2.21. The van der Waals surface area contributed by atoms with Crippen LogP contribution in [0.4, 0.5) is 26.3 Å². The molecule has 13 heteroatoms. The molecule has 0 spiro atoms. The van der Waals surface area contributed by atoms with Crippen LogP contribution in [0.2, 0.25) is 0 Å². The van der Waals surface area contributed by atoms with E-state index in [0.717, 1.165) is 35.5 Å². The summed E-state index contributed by atoms with van der Waals surface area (Å²) >= 11 is 0. The average molecular weight is 417 g/mol. The maximum atomic E-state index is 13.3. The van der Waals surface area contributed by atoms with Crippen LogP contribution in [0.1, 0.15) is 21.7 Å². The van der Waals surface area contributed by atoms with E-state index in [2.05, 4.69) is 20.1 Å². The molecule has 0 aromatic carbocycles. The van der Waals surface area contributed by atoms with Crippen molar-refractivity contribution in [1.29, 1.82) is 0 Å². The summed E-state index contributed by atoms with van der Waals surface area (Å²) in [6.07, 6.45) is -6.68. The number of pyridine rings is 2. The number of rotatable bonds is 5. The molecule has 29 heavy (non-hydrogen) atoms. The van der Waals surface area contributed by atoms with E-state index in [4.69, 9.17) is 4.74 Å². The summed E-state index contributed by atoms with van der Waals surface area (Å²) in [5.41, 5.74) is -3.41. The summed E-state index contributed by atoms with van der Waals surface area (Å²) in [5, 5.41) is 3.64. The predicted octanol–water partition coefficient (Wildman–Crippen LogP) is 3.78. The lowest BCUT2D eigenvalue weighted by atomic mass is 10.1. The maximum Gasteiger partial charge on any atom is 0.434 e. The molecule has 3 aromatic rings. The quantitative estimate of drug-likeness (QED) is 0.464. The molecule has 0 atom stereocenters. The Balaban J connectivity index is 1.86. The average Bonchev–Trinajstić information content (AvgIpc) is 3.13. The number of halogens is 6. The van der Waals surface area contributed by atoms with Gasteiger partial charge in [-0.15, -0.1) is 0 Å². The molecule has 0 radical (unpaired) electrons. The van der Waals surface area contributed by atoms with E-state index in [0.29, 0.717) is 12.3 Å². The second-order valence-electron chi connectivity index (χ2n) is 5.54. The largest absolute Gasteiger partial charge is 0.437 e. The number of aromatic nitrogens is 5. The van der Waals surface area contributed by atoms with Gasteiger partial charge in [-0.25, -0.2) is 19.6 Å². The molecule has 0 saturated carbocycles. The molecule has 0 fully saturated rings. The van der Waals surface area contributed by atoms with Crippen LogP contribution >= 0.6 is 0 Å². The molecule has 0 aliphatic rings. The maximum absolute atomic E-state index is 13.3. The molecule has 152 valence electrons. The Hall–Kier alpha value is -3.51. The lowest BCUT2D eigenvalue weighted by Gasteiger charge is -2.13. The summed E-state index contributed by atoms with van der Waals surface area (Å²) < 4.78 is 83.6. The lowest BCUT2D eigenvalue weighted by Crippen LogP contribution is -2.19. The minimum absolute atomic E-state index is 0.264. The topological polar surface area (TPSA) is 82.8 Å². The van der Waals surface area contributed by atoms with Gasteiger partial charge in [0.05, 0.1) is 11.8 Å². The predicted molar refractivity (Wildman–Crippen MR) is 82.9 cm³/mol. The van der Waals surface area contributed by atoms with Gasteiger partial charge in [0, 0.05) is 6.07 Å². The Bertz CT molecular complexity index is 1000. The van der Waals surface area contributed by atoms with Gasteiger partial charge in [0.2, 0.25) is 5.88 Å². The van der Waals surface area contributed by atoms with Gasteiger partial charge in [-0.3, -0.25) is 4.79 Å². The number of alkyl halides is 6. The van der Waals surface area contributed by atoms with Crippen molar-refractivity contribution in [3.63, 3.8) is 0 Å². The van der Waals surface area contributed by atoms with Crippen molar-refractivity contribution in [3.8, 4) is 11.6 Å². The highest BCUT2D eigenvalue weighted by Gasteiger charge is 2.38. The number of Topliss-reactive ketones (excluding diaryl/α,β-unsaturated/α-hetero) is 1. The van der Waals surface area contributed by atoms with Crippen molar-refractivity contribution in [1.82, 2.24) is 24.7 Å². The molecule has 0 aliphatic carbocycles. The normalized spacial score (nSPS) is 12.1. The number of hydrogen-bond acceptors (Lipinski definition) is 6. The fraction of sp³-hybridized carbons (Fsp3) is 0.188. The molecule has 0 bridgehead atoms. The van der Waals surface area contributed by atoms with E-state index in [1.165, 1.54) is 0 Å². The highest BCUT2D eigenvalue weighted by molar-refractivity contribution is 5.97. The van der Waals surface area contributed by atoms with E-state index in [9.17, 15) is 31.1 Å². The minimum atomic E-state index is -4.98. The van der Waals surface area contributed by atoms with Crippen molar-refractivity contribution >= 4 is 5.78 Å². The fourth-order valence-electron chi connectivity index (χ4n) is 2.21. The minimum Gasteiger partial charge on any atom is -0.437 e. The summed E-state index contributed by atoms with van der Waals surface area (Å²) in [5.74, 6) is -1.76. The molecular formula is C16H9F6N5O2. The van der Waals surface area contributed by atoms with E-state index in [1.807, 2.05) is 0 Å². The molecule has 0 N–H and O–H groups in total. The van der Waals surface area contributed by atoms with Gasteiger partial charge < -0.3 is 4.74 Å². The Morgan fingerprint density at radius 1 is 1.03 bits per heavy atom. The van der Waals surface area contributed by atoms with Crippen molar-refractivity contribution in [2.24, 2.45) is 0 Å². The zero-order valence-corrected chi connectivity index (χ0v) is 14.1. The van der Waals surface area contributed by atoms with E-state index in [1.54, 1.807) is 0 Å². The Morgan fingerprint density at radius 3 is 2.34 bits per heavy atom. The lowest BCUT2D eigenvalue weighted by molar-refractivity contribution is -0.142. The van der Waals surface area contributed by atoms with Gasteiger partial charge in [0.1, 0.15) is 30.6 Å². The molecule has 3 rings (SSSR count). The Kier molecular flexibility index (Phi) is 5.22. The molecule has 7 nitrogen and oxygen atoms in total. The van der Waals surface area contributed by atoms with Crippen molar-refractivity contribution in [2.45, 2.75) is 18.9 Å². The first kappa shape index (κ1) is 20.2. The standard InChI is InChI=1S/C16H9F6N5O2/c17-15(18,19)12-3-1-9(5-24-12)29-13-4-2-10(14(26-13)16(20,21)22)11(28)6-27-8-23-7-25-27/h1-5,7-8H,6H2. The number of carbonyl (C=O) groups is 1. The molecule has 0 unspecified atom stereocenters. The first-order valence-corrected chi connectivity index (χ1v) is 7.69. The number of ketones is 1. The number of ether oxygens (including phenoxy) is 1. The van der Waals surface area contributed by atoms with E-state index in [-0.39, 0.29) is 5.75 Å². The zero-order chi connectivity index (χ0) is 21.2. The van der Waals surface area contributed by atoms with Gasteiger partial charge in [-0.05, 0) is 18.2 Å². The van der Waals surface area contributed by atoms with E-state index < -0.39 is 47.5 Å². The number of hydrogen-bond donors (Lipinski definition) is 0. The highest BCUT2D eigenvalue weighted by Crippen LogP contribution is 2.34. The van der Waals surface area contributed by atoms with Crippen molar-refractivity contribution in [3.05, 3.63) is 60.1 Å². The summed E-state index contributed by atoms with van der Waals surface area (Å²) in [4.78, 5) is 22.2. The van der Waals surface area contributed by atoms with Crippen LogP contribution in [-0.2, 0) is 18.9 Å². The first-order valence-electron chi connectivity index (χ1n) is 7.69. The number of nitrogens with zero attached hydrogens (tertiary/aromatic N) is 5. The Labute approximate surface area is 158 Å². The Morgan fingerprint density at radius 2 is 1.79 bits per heavy atom. The third-order valence-corrected chi connectivity index (χ3v) is 3.46. The first-order chi connectivity index (χ1) is 13.5. The third-order valence-electron chi connectivity index (χ3n) is 3.46. The zero-order valence-electron chi connectivity index (χ0n) is 14.1. The van der Waals surface area contributed by atoms with Crippen LogP contribution in [0, 0.1) is 0 Å². The molecule has 0 amide bonds. The molecule has 0 aliphatic heterocycles. The summed E-state index contributed by atoms with van der Waals surface area (Å²) in [6.45, 7) is -0.492. The van der Waals surface area contributed by atoms with Crippen LogP contribution in [-0.4, -0.2) is 30.5 Å². The van der Waals surface area contributed by atoms with Gasteiger partial charge in [0.25, 0.3) is 0 Å². The van der Waals surface area contributed by atoms with Crippen LogP contribution in [0.25, 0.3) is 0 Å². The van der Waals surface area contributed by atoms with Crippen LogP contribution in [0.5, 0.6) is 11.6 Å². The van der Waals surface area contributed by atoms with Gasteiger partial charge >= 0.3 is 12.4 Å². The van der Waals surface area contributed by atoms with Crippen LogP contribution < -0.4 is 4.74 Å². The molecule has 0 saturated heterocycles. The summed E-state index contributed by atoms with van der Waals surface area (Å²) in [6, 6.07) is 3.34. The monoisotopic (exact) mass is 417 g/mol. The summed E-state index contributed by atoms with van der Waals surface area (Å²) in [7, 11) is 0. The van der Waals surface area contributed by atoms with Crippen LogP contribution in [0.3, 0.4) is 0 Å². The molecule has 3 aromatic heterocycles. The molecule has 3 heterocycles.